The molecule has 3 unspecified atom stereocenters. The molecule has 2 heterocycles. The van der Waals surface area contributed by atoms with E-state index in [1.807, 2.05) is 11.9 Å². The molecule has 17 heteroatoms. The van der Waals surface area contributed by atoms with Crippen molar-refractivity contribution in [3.05, 3.63) is 73.9 Å². The first-order valence-corrected chi connectivity index (χ1v) is 13.4. The number of nitrogens with one attached hydrogen (secondary N) is 2. The van der Waals surface area contributed by atoms with Crippen LogP contribution in [0.2, 0.25) is 0 Å². The second-order valence-corrected chi connectivity index (χ2v) is 10.4. The Balaban J connectivity index is 1.90. The van der Waals surface area contributed by atoms with Crippen LogP contribution in [0.3, 0.4) is 0 Å². The first-order valence-electron chi connectivity index (χ1n) is 11.8. The van der Waals surface area contributed by atoms with Gasteiger partial charge in [-0.1, -0.05) is 30.2 Å². The van der Waals surface area contributed by atoms with Crippen LogP contribution in [0.25, 0.3) is 10.4 Å². The van der Waals surface area contributed by atoms with Gasteiger partial charge in [0, 0.05) is 17.2 Å². The van der Waals surface area contributed by atoms with Crippen LogP contribution in [0.1, 0.15) is 33.4 Å². The van der Waals surface area contributed by atoms with E-state index in [0.29, 0.717) is 6.42 Å². The maximum absolute atomic E-state index is 13.8. The van der Waals surface area contributed by atoms with Gasteiger partial charge in [0.25, 0.3) is 5.56 Å². The molecule has 0 amide bonds. The van der Waals surface area contributed by atoms with Gasteiger partial charge in [0.1, 0.15) is 24.0 Å². The van der Waals surface area contributed by atoms with Crippen molar-refractivity contribution < 1.29 is 38.1 Å². The summed E-state index contributed by atoms with van der Waals surface area (Å²) in [5, 5.41) is 27.3. The number of aliphatic hydroxyl groups is 2. The van der Waals surface area contributed by atoms with Crippen molar-refractivity contribution in [1.29, 1.82) is 0 Å². The molecule has 0 aliphatic carbocycles. The third-order valence-corrected chi connectivity index (χ3v) is 7.37. The zero-order valence-corrected chi connectivity index (χ0v) is 22.1. The second kappa shape index (κ2) is 12.6. The predicted molar refractivity (Wildman–Crippen MR) is 134 cm³/mol. The van der Waals surface area contributed by atoms with Gasteiger partial charge in [0.2, 0.25) is 5.72 Å². The minimum absolute atomic E-state index is 0.0826. The number of nitrogens with zero attached hydrogens (tertiary/aromatic N) is 4. The highest BCUT2D eigenvalue weighted by Gasteiger charge is 2.56. The lowest BCUT2D eigenvalue weighted by Crippen LogP contribution is -2.46. The number of ether oxygens (including phenoxy) is 2. The molecule has 0 saturated carbocycles. The summed E-state index contributed by atoms with van der Waals surface area (Å²) in [6.45, 7) is 3.89. The molecule has 1 saturated heterocycles. The molecule has 2 aromatic rings. The van der Waals surface area contributed by atoms with Crippen molar-refractivity contribution in [3.63, 3.8) is 0 Å². The Labute approximate surface area is 221 Å². The zero-order valence-electron chi connectivity index (χ0n) is 21.2. The number of esters is 1. The summed E-state index contributed by atoms with van der Waals surface area (Å²) >= 11 is 0. The molecular weight excluding hydrogens is 539 g/mol. The van der Waals surface area contributed by atoms with Crippen LogP contribution < -0.4 is 20.9 Å². The monoisotopic (exact) mass is 568 g/mol. The van der Waals surface area contributed by atoms with Gasteiger partial charge in [-0.05, 0) is 37.9 Å². The van der Waals surface area contributed by atoms with Crippen molar-refractivity contribution in [2.75, 3.05) is 6.61 Å². The number of aliphatic hydroxyl groups excluding tert-OH is 2. The minimum atomic E-state index is -4.50. The molecule has 0 radical (unpaired) electrons. The predicted octanol–water partition coefficient (Wildman–Crippen LogP) is 1.32. The van der Waals surface area contributed by atoms with Crippen LogP contribution in [0.4, 0.5) is 0 Å². The van der Waals surface area contributed by atoms with E-state index in [0.717, 1.165) is 16.8 Å². The van der Waals surface area contributed by atoms with Gasteiger partial charge >= 0.3 is 19.4 Å². The fourth-order valence-corrected chi connectivity index (χ4v) is 5.00. The van der Waals surface area contributed by atoms with Gasteiger partial charge in [-0.2, -0.15) is 5.09 Å². The Hall–Kier alpha value is -3.49. The normalized spacial score (nSPS) is 25.6. The number of hydrogen-bond donors (Lipinski definition) is 4. The van der Waals surface area contributed by atoms with Crippen molar-refractivity contribution in [1.82, 2.24) is 14.6 Å². The fraction of sp³-hybridized carbons (Fsp3) is 0.500. The zero-order chi connectivity index (χ0) is 28.8. The third-order valence-electron chi connectivity index (χ3n) is 5.75. The van der Waals surface area contributed by atoms with E-state index >= 15 is 0 Å². The minimum Gasteiger partial charge on any atom is -0.462 e. The summed E-state index contributed by atoms with van der Waals surface area (Å²) in [6.07, 6.45) is -4.35. The highest BCUT2D eigenvalue weighted by molar-refractivity contribution is 7.52. The van der Waals surface area contributed by atoms with Crippen molar-refractivity contribution in [2.45, 2.75) is 63.5 Å². The van der Waals surface area contributed by atoms with E-state index in [1.165, 1.54) is 19.1 Å². The molecule has 212 valence electrons. The van der Waals surface area contributed by atoms with Gasteiger partial charge in [-0.3, -0.25) is 23.7 Å². The molecule has 0 spiro atoms. The number of H-pyrrole nitrogens is 1. The first kappa shape index (κ1) is 30.1. The van der Waals surface area contributed by atoms with E-state index in [-0.39, 0.29) is 5.75 Å². The van der Waals surface area contributed by atoms with E-state index in [2.05, 4.69) is 15.1 Å². The SMILES string of the molecule is CCC(C)OC(=O)[C@H](C)NP(=O)(OCC1(N=[N+]=[N-])O[C@@H](n2ccc(=O)[nH]c2=O)[C@@H](O)[C@H]1O)Oc1ccccc1. The average molecular weight is 568 g/mol. The van der Waals surface area contributed by atoms with Gasteiger partial charge in [-0.15, -0.1) is 0 Å². The molecule has 1 aromatic carbocycles. The van der Waals surface area contributed by atoms with Crippen LogP contribution in [0.15, 0.2) is 57.3 Å². The number of hydrogen-bond acceptors (Lipinski definition) is 11. The molecule has 7 atom stereocenters. The number of aromatic nitrogens is 2. The number of aromatic amines is 1. The fourth-order valence-electron chi connectivity index (χ4n) is 3.49. The molecule has 0 bridgehead atoms. The van der Waals surface area contributed by atoms with Gasteiger partial charge in [-0.25, -0.2) is 9.36 Å². The average Bonchev–Trinajstić information content (AvgIpc) is 3.13. The van der Waals surface area contributed by atoms with Crippen molar-refractivity contribution in [2.24, 2.45) is 5.11 Å². The highest BCUT2D eigenvalue weighted by Crippen LogP contribution is 2.48. The summed E-state index contributed by atoms with van der Waals surface area (Å²) in [6, 6.07) is 7.57. The Morgan fingerprint density at radius 3 is 2.62 bits per heavy atom. The van der Waals surface area contributed by atoms with Crippen LogP contribution in [0, 0.1) is 0 Å². The number of carbonyl (C=O) groups is 1. The Morgan fingerprint density at radius 2 is 2.00 bits per heavy atom. The van der Waals surface area contributed by atoms with Gasteiger partial charge < -0.3 is 24.2 Å². The molecule has 3 rings (SSSR count). The lowest BCUT2D eigenvalue weighted by molar-refractivity contribution is -0.150. The number of para-hydroxylation sites is 1. The molecule has 1 fully saturated rings. The second-order valence-electron chi connectivity index (χ2n) is 8.68. The van der Waals surface area contributed by atoms with Crippen molar-refractivity contribution >= 4 is 13.7 Å². The lowest BCUT2D eigenvalue weighted by atomic mass is 10.1. The number of azide groups is 1. The molecule has 4 N–H and O–H groups in total. The Morgan fingerprint density at radius 1 is 1.31 bits per heavy atom. The molecule has 1 aromatic heterocycles. The molecular formula is C22H29N6O10P. The van der Waals surface area contributed by atoms with Crippen LogP contribution >= 0.6 is 7.75 Å². The van der Waals surface area contributed by atoms with Gasteiger partial charge in [0.05, 0.1) is 12.7 Å². The van der Waals surface area contributed by atoms with E-state index in [9.17, 15) is 34.7 Å². The Bertz CT molecular complexity index is 1360. The number of carbonyl (C=O) groups excluding carboxylic acids is 1. The topological polar surface area (TPSA) is 227 Å². The quantitative estimate of drug-likeness (QED) is 0.0938. The first-order chi connectivity index (χ1) is 18.4. The Kier molecular flexibility index (Phi) is 9.69. The lowest BCUT2D eigenvalue weighted by Gasteiger charge is -2.29. The van der Waals surface area contributed by atoms with E-state index in [4.69, 9.17) is 18.5 Å². The van der Waals surface area contributed by atoms with Gasteiger partial charge in [0.15, 0.2) is 6.23 Å². The summed E-state index contributed by atoms with van der Waals surface area (Å²) in [7, 11) is -4.50. The third kappa shape index (κ3) is 7.13. The molecule has 1 aliphatic heterocycles. The maximum Gasteiger partial charge on any atom is 0.459 e. The van der Waals surface area contributed by atoms with Crippen LogP contribution in [-0.4, -0.2) is 62.4 Å². The van der Waals surface area contributed by atoms with E-state index in [1.54, 1.807) is 25.1 Å². The number of rotatable bonds is 12. The molecule has 1 aliphatic rings. The summed E-state index contributed by atoms with van der Waals surface area (Å²) in [4.78, 5) is 40.7. The van der Waals surface area contributed by atoms with Crippen LogP contribution in [0.5, 0.6) is 5.75 Å². The van der Waals surface area contributed by atoms with Crippen molar-refractivity contribution in [3.8, 4) is 5.75 Å². The van der Waals surface area contributed by atoms with E-state index < -0.39 is 67.9 Å². The molecule has 16 nitrogen and oxygen atoms in total. The largest absolute Gasteiger partial charge is 0.462 e. The smallest absolute Gasteiger partial charge is 0.459 e. The highest BCUT2D eigenvalue weighted by atomic mass is 31.2. The van der Waals surface area contributed by atoms with Crippen LogP contribution in [-0.2, 0) is 23.4 Å². The summed E-state index contributed by atoms with van der Waals surface area (Å²) < 4.78 is 36.4. The molecule has 39 heavy (non-hydrogen) atoms. The number of benzene rings is 1. The maximum atomic E-state index is 13.8. The standard InChI is InChI=1S/C22H29N6O10P/c1-4-13(2)36-20(32)14(3)25-39(34,38-15-8-6-5-7-9-15)35-12-22(26-27-23)18(31)17(30)19(37-22)28-11-10-16(29)24-21(28)33/h5-11,13-14,17-19,30-31H,4,12H2,1-3H3,(H,25,34)(H,24,29,33)/t13?,14-,17-,18+,19+,22?,39?/m0/s1. The summed E-state index contributed by atoms with van der Waals surface area (Å²) in [5.41, 5.74) is 5.06. The summed E-state index contributed by atoms with van der Waals surface area (Å²) in [5.74, 6) is -0.668.